The van der Waals surface area contributed by atoms with E-state index in [9.17, 15) is 4.79 Å². The summed E-state index contributed by atoms with van der Waals surface area (Å²) in [5.41, 5.74) is 4.84. The van der Waals surface area contributed by atoms with E-state index in [1.807, 2.05) is 0 Å². The van der Waals surface area contributed by atoms with Crippen molar-refractivity contribution in [3.63, 3.8) is 0 Å². The van der Waals surface area contributed by atoms with Crippen LogP contribution in [0.15, 0.2) is 0 Å². The van der Waals surface area contributed by atoms with E-state index in [1.165, 1.54) is 0 Å². The van der Waals surface area contributed by atoms with Gasteiger partial charge in [-0.2, -0.15) is 0 Å². The maximum atomic E-state index is 10.3. The summed E-state index contributed by atoms with van der Waals surface area (Å²) in [5.74, 6) is -0.304. The lowest BCUT2D eigenvalue weighted by molar-refractivity contribution is -0.119. The van der Waals surface area contributed by atoms with Crippen LogP contribution in [0.3, 0.4) is 0 Å². The minimum atomic E-state index is -0.304. The van der Waals surface area contributed by atoms with E-state index in [-0.39, 0.29) is 17.9 Å². The molecular formula is C6H11NO2. The Morgan fingerprint density at radius 1 is 1.67 bits per heavy atom. The zero-order chi connectivity index (χ0) is 6.91. The summed E-state index contributed by atoms with van der Waals surface area (Å²) in [6.45, 7) is 0.107. The van der Waals surface area contributed by atoms with Crippen LogP contribution in [0.4, 0.5) is 0 Å². The van der Waals surface area contributed by atoms with Crippen molar-refractivity contribution in [3.05, 3.63) is 0 Å². The minimum Gasteiger partial charge on any atom is -0.396 e. The Hall–Kier alpha value is -0.570. The van der Waals surface area contributed by atoms with Gasteiger partial charge >= 0.3 is 0 Å². The number of hydrogen-bond acceptors (Lipinski definition) is 2. The van der Waals surface area contributed by atoms with Crippen molar-refractivity contribution in [2.75, 3.05) is 6.61 Å². The van der Waals surface area contributed by atoms with E-state index in [0.717, 1.165) is 12.8 Å². The first-order valence-corrected chi connectivity index (χ1v) is 3.08. The summed E-state index contributed by atoms with van der Waals surface area (Å²) in [7, 11) is 0. The van der Waals surface area contributed by atoms with Gasteiger partial charge in [-0.25, -0.2) is 0 Å². The Bertz CT molecular complexity index is 129. The van der Waals surface area contributed by atoms with Crippen molar-refractivity contribution in [3.8, 4) is 0 Å². The van der Waals surface area contributed by atoms with Gasteiger partial charge < -0.3 is 10.8 Å². The van der Waals surface area contributed by atoms with E-state index in [2.05, 4.69) is 0 Å². The van der Waals surface area contributed by atoms with Crippen LogP contribution in [0.2, 0.25) is 0 Å². The smallest absolute Gasteiger partial charge is 0.218 e. The molecule has 0 bridgehead atoms. The molecule has 0 saturated heterocycles. The number of hydrogen-bond donors (Lipinski definition) is 2. The molecule has 0 aromatic rings. The maximum Gasteiger partial charge on any atom is 0.218 e. The van der Waals surface area contributed by atoms with E-state index in [1.54, 1.807) is 0 Å². The molecule has 0 aliphatic heterocycles. The molecule has 0 atom stereocenters. The highest BCUT2D eigenvalue weighted by Gasteiger charge is 2.42. The van der Waals surface area contributed by atoms with Gasteiger partial charge in [-0.15, -0.1) is 0 Å². The van der Waals surface area contributed by atoms with Crippen LogP contribution in [0.1, 0.15) is 19.3 Å². The number of carbonyl (C=O) groups excluding carboxylic acids is 1. The molecule has 9 heavy (non-hydrogen) atoms. The molecule has 1 amide bonds. The number of nitrogens with two attached hydrogens (primary N) is 1. The zero-order valence-corrected chi connectivity index (χ0v) is 5.26. The summed E-state index contributed by atoms with van der Waals surface area (Å²) >= 11 is 0. The zero-order valence-electron chi connectivity index (χ0n) is 5.26. The number of carbonyl (C=O) groups is 1. The van der Waals surface area contributed by atoms with E-state index < -0.39 is 0 Å². The highest BCUT2D eigenvalue weighted by molar-refractivity contribution is 5.75. The van der Waals surface area contributed by atoms with Gasteiger partial charge in [0.1, 0.15) is 0 Å². The molecule has 3 heteroatoms. The Morgan fingerprint density at radius 3 is 2.33 bits per heavy atom. The summed E-state index contributed by atoms with van der Waals surface area (Å²) in [6, 6.07) is 0. The van der Waals surface area contributed by atoms with Gasteiger partial charge in [0.15, 0.2) is 0 Å². The largest absolute Gasteiger partial charge is 0.396 e. The van der Waals surface area contributed by atoms with Gasteiger partial charge in [0.25, 0.3) is 0 Å². The molecule has 0 spiro atoms. The quantitative estimate of drug-likeness (QED) is 0.546. The molecule has 0 radical (unpaired) electrons. The van der Waals surface area contributed by atoms with Crippen LogP contribution in [-0.4, -0.2) is 17.6 Å². The van der Waals surface area contributed by atoms with E-state index in [4.69, 9.17) is 10.8 Å². The topological polar surface area (TPSA) is 63.3 Å². The lowest BCUT2D eigenvalue weighted by Gasteiger charge is -2.05. The van der Waals surface area contributed by atoms with Crippen molar-refractivity contribution in [2.45, 2.75) is 19.3 Å². The molecule has 0 aromatic heterocycles. The SMILES string of the molecule is NC(=O)CC1(CO)CC1. The van der Waals surface area contributed by atoms with E-state index >= 15 is 0 Å². The van der Waals surface area contributed by atoms with Crippen molar-refractivity contribution >= 4 is 5.91 Å². The predicted octanol–water partition coefficient (Wildman–Crippen LogP) is -0.366. The summed E-state index contributed by atoms with van der Waals surface area (Å²) < 4.78 is 0. The second-order valence-electron chi connectivity index (χ2n) is 2.80. The Labute approximate surface area is 53.9 Å². The molecular weight excluding hydrogens is 118 g/mol. The highest BCUT2D eigenvalue weighted by atomic mass is 16.3. The first kappa shape index (κ1) is 6.55. The van der Waals surface area contributed by atoms with Crippen LogP contribution in [-0.2, 0) is 4.79 Å². The average molecular weight is 129 g/mol. The molecule has 3 N–H and O–H groups in total. The van der Waals surface area contributed by atoms with Gasteiger partial charge in [0.05, 0.1) is 0 Å². The summed E-state index contributed by atoms with van der Waals surface area (Å²) in [5, 5.41) is 8.70. The normalized spacial score (nSPS) is 21.4. The van der Waals surface area contributed by atoms with Gasteiger partial charge in [0, 0.05) is 18.4 Å². The number of rotatable bonds is 3. The molecule has 1 saturated carbocycles. The lowest BCUT2D eigenvalue weighted by Crippen LogP contribution is -2.19. The van der Waals surface area contributed by atoms with Gasteiger partial charge in [0.2, 0.25) is 5.91 Å². The fourth-order valence-corrected chi connectivity index (χ4v) is 0.937. The van der Waals surface area contributed by atoms with E-state index in [0.29, 0.717) is 6.42 Å². The second kappa shape index (κ2) is 1.99. The molecule has 52 valence electrons. The fourth-order valence-electron chi connectivity index (χ4n) is 0.937. The van der Waals surface area contributed by atoms with Crippen molar-refractivity contribution in [2.24, 2.45) is 11.1 Å². The lowest BCUT2D eigenvalue weighted by atomic mass is 10.0. The van der Waals surface area contributed by atoms with Crippen molar-refractivity contribution < 1.29 is 9.90 Å². The van der Waals surface area contributed by atoms with Crippen molar-refractivity contribution in [1.29, 1.82) is 0 Å². The monoisotopic (exact) mass is 129 g/mol. The number of amides is 1. The Kier molecular flexibility index (Phi) is 1.45. The third kappa shape index (κ3) is 1.42. The van der Waals surface area contributed by atoms with Gasteiger partial charge in [-0.05, 0) is 12.8 Å². The molecule has 1 rings (SSSR count). The third-order valence-electron chi connectivity index (χ3n) is 1.84. The van der Waals surface area contributed by atoms with Crippen molar-refractivity contribution in [1.82, 2.24) is 0 Å². The molecule has 3 nitrogen and oxygen atoms in total. The third-order valence-corrected chi connectivity index (χ3v) is 1.84. The maximum absolute atomic E-state index is 10.3. The number of primary amides is 1. The Morgan fingerprint density at radius 2 is 2.22 bits per heavy atom. The number of aliphatic hydroxyl groups excluding tert-OH is 1. The van der Waals surface area contributed by atoms with Crippen LogP contribution in [0.25, 0.3) is 0 Å². The van der Waals surface area contributed by atoms with Gasteiger partial charge in [-0.3, -0.25) is 4.79 Å². The molecule has 0 unspecified atom stereocenters. The molecule has 1 aliphatic rings. The van der Waals surface area contributed by atoms with Crippen LogP contribution < -0.4 is 5.73 Å². The predicted molar refractivity (Wildman–Crippen MR) is 32.6 cm³/mol. The molecule has 0 aromatic carbocycles. The van der Waals surface area contributed by atoms with Crippen LogP contribution >= 0.6 is 0 Å². The van der Waals surface area contributed by atoms with Crippen LogP contribution in [0.5, 0.6) is 0 Å². The molecule has 1 aliphatic carbocycles. The standard InChI is InChI=1S/C6H11NO2/c7-5(9)3-6(4-8)1-2-6/h8H,1-4H2,(H2,7,9). The first-order chi connectivity index (χ1) is 4.18. The summed E-state index contributed by atoms with van der Waals surface area (Å²) in [4.78, 5) is 10.3. The summed E-state index contributed by atoms with van der Waals surface area (Å²) in [6.07, 6.45) is 2.25. The van der Waals surface area contributed by atoms with Gasteiger partial charge in [-0.1, -0.05) is 0 Å². The second-order valence-corrected chi connectivity index (χ2v) is 2.80. The highest BCUT2D eigenvalue weighted by Crippen LogP contribution is 2.47. The first-order valence-electron chi connectivity index (χ1n) is 3.08. The average Bonchev–Trinajstić information content (AvgIpc) is 2.48. The molecule has 1 fully saturated rings. The Balaban J connectivity index is 2.33. The fraction of sp³-hybridized carbons (Fsp3) is 0.833. The number of aliphatic hydroxyl groups is 1. The molecule has 0 heterocycles. The minimum absolute atomic E-state index is 0.105. The van der Waals surface area contributed by atoms with Crippen LogP contribution in [0, 0.1) is 5.41 Å².